The summed E-state index contributed by atoms with van der Waals surface area (Å²) in [6, 6.07) is 11.8. The molecule has 3 heteroatoms. The lowest BCUT2D eigenvalue weighted by Gasteiger charge is -2.10. The summed E-state index contributed by atoms with van der Waals surface area (Å²) in [4.78, 5) is 4.43. The van der Waals surface area contributed by atoms with Crippen LogP contribution in [0.1, 0.15) is 17.2 Å². The van der Waals surface area contributed by atoms with Crippen molar-refractivity contribution in [2.45, 2.75) is 12.8 Å². The third-order valence-electron chi connectivity index (χ3n) is 2.62. The van der Waals surface area contributed by atoms with Crippen molar-refractivity contribution in [1.82, 2.24) is 4.98 Å². The minimum absolute atomic E-state index is 0.192. The molecule has 1 aromatic carbocycles. The average Bonchev–Trinajstić information content (AvgIpc) is 2.31. The molecule has 2 rings (SSSR count). The molecule has 0 bridgehead atoms. The molecule has 1 atom stereocenters. The molecular weight excluding hydrogens is 200 g/mol. The third kappa shape index (κ3) is 1.75. The molecule has 1 N–H and O–H groups in total. The smallest absolute Gasteiger partial charge is 0.112 e. The fourth-order valence-electron chi connectivity index (χ4n) is 1.78. The van der Waals surface area contributed by atoms with E-state index in [2.05, 4.69) is 11.1 Å². The number of fused-ring (bicyclic) bond motifs is 1. The van der Waals surface area contributed by atoms with E-state index in [1.54, 1.807) is 0 Å². The lowest BCUT2D eigenvalue weighted by molar-refractivity contribution is 0.284. The molecule has 1 heterocycles. The highest BCUT2D eigenvalue weighted by atomic mass is 16.3. The first-order valence-electron chi connectivity index (χ1n) is 5.13. The average molecular weight is 212 g/mol. The largest absolute Gasteiger partial charge is 0.395 e. The first kappa shape index (κ1) is 10.6. The van der Waals surface area contributed by atoms with Gasteiger partial charge in [0.25, 0.3) is 0 Å². The summed E-state index contributed by atoms with van der Waals surface area (Å²) >= 11 is 0. The first-order chi connectivity index (χ1) is 7.76. The van der Waals surface area contributed by atoms with Gasteiger partial charge in [-0.25, -0.2) is 0 Å². The zero-order valence-corrected chi connectivity index (χ0v) is 9.01. The summed E-state index contributed by atoms with van der Waals surface area (Å²) in [5.41, 5.74) is 2.47. The molecule has 0 aliphatic heterocycles. The summed E-state index contributed by atoms with van der Waals surface area (Å²) in [6.07, 6.45) is 0. The van der Waals surface area contributed by atoms with Gasteiger partial charge >= 0.3 is 0 Å². The first-order valence-corrected chi connectivity index (χ1v) is 5.13. The van der Waals surface area contributed by atoms with Gasteiger partial charge in [0.15, 0.2) is 0 Å². The molecular formula is C13H12N2O. The van der Waals surface area contributed by atoms with Gasteiger partial charge in [0, 0.05) is 5.39 Å². The molecule has 0 spiro atoms. The van der Waals surface area contributed by atoms with Crippen LogP contribution < -0.4 is 0 Å². The number of aliphatic hydroxyl groups is 1. The number of aliphatic hydroxyl groups excluding tert-OH is 1. The van der Waals surface area contributed by atoms with Crippen LogP contribution in [-0.4, -0.2) is 16.7 Å². The fraction of sp³-hybridized carbons (Fsp3) is 0.231. The van der Waals surface area contributed by atoms with Gasteiger partial charge in [-0.05, 0) is 24.6 Å². The van der Waals surface area contributed by atoms with Crippen molar-refractivity contribution in [3.8, 4) is 6.07 Å². The fourth-order valence-corrected chi connectivity index (χ4v) is 1.78. The van der Waals surface area contributed by atoms with Crippen LogP contribution in [0.4, 0.5) is 0 Å². The van der Waals surface area contributed by atoms with Crippen molar-refractivity contribution in [1.29, 1.82) is 5.26 Å². The van der Waals surface area contributed by atoms with Crippen molar-refractivity contribution in [3.63, 3.8) is 0 Å². The minimum Gasteiger partial charge on any atom is -0.395 e. The van der Waals surface area contributed by atoms with Crippen LogP contribution in [0.25, 0.3) is 10.9 Å². The molecule has 0 fully saturated rings. The lowest BCUT2D eigenvalue weighted by atomic mass is 10.0. The summed E-state index contributed by atoms with van der Waals surface area (Å²) in [5, 5.41) is 19.1. The van der Waals surface area contributed by atoms with E-state index in [0.717, 1.165) is 16.5 Å². The van der Waals surface area contributed by atoms with Crippen LogP contribution >= 0.6 is 0 Å². The highest BCUT2D eigenvalue weighted by Crippen LogP contribution is 2.21. The Morgan fingerprint density at radius 1 is 1.44 bits per heavy atom. The van der Waals surface area contributed by atoms with Crippen molar-refractivity contribution < 1.29 is 5.11 Å². The standard InChI is InChI=1S/C13H12N2O/c1-9-6-10-4-2-3-5-12(10)15-13(9)11(7-14)8-16/h2-6,11,16H,8H2,1H3. The van der Waals surface area contributed by atoms with E-state index < -0.39 is 5.92 Å². The highest BCUT2D eigenvalue weighted by molar-refractivity contribution is 5.79. The number of pyridine rings is 1. The Labute approximate surface area is 94.0 Å². The molecule has 0 amide bonds. The number of aromatic nitrogens is 1. The van der Waals surface area contributed by atoms with Gasteiger partial charge < -0.3 is 5.11 Å². The number of nitriles is 1. The highest BCUT2D eigenvalue weighted by Gasteiger charge is 2.14. The second kappa shape index (κ2) is 4.30. The zero-order valence-electron chi connectivity index (χ0n) is 9.01. The predicted octanol–water partition coefficient (Wildman–Crippen LogP) is 2.14. The van der Waals surface area contributed by atoms with Crippen molar-refractivity contribution in [2.24, 2.45) is 0 Å². The minimum atomic E-state index is -0.537. The Kier molecular flexibility index (Phi) is 2.84. The van der Waals surface area contributed by atoms with Gasteiger partial charge in [-0.15, -0.1) is 0 Å². The number of benzene rings is 1. The molecule has 0 saturated heterocycles. The summed E-state index contributed by atoms with van der Waals surface area (Å²) in [6.45, 7) is 1.72. The number of para-hydroxylation sites is 1. The van der Waals surface area contributed by atoms with E-state index in [1.807, 2.05) is 37.3 Å². The molecule has 2 aromatic rings. The molecule has 3 nitrogen and oxygen atoms in total. The van der Waals surface area contributed by atoms with Crippen LogP contribution in [0.3, 0.4) is 0 Å². The predicted molar refractivity (Wildman–Crippen MR) is 61.9 cm³/mol. The Hall–Kier alpha value is -1.92. The number of hydrogen-bond donors (Lipinski definition) is 1. The summed E-state index contributed by atoms with van der Waals surface area (Å²) in [5.74, 6) is -0.537. The van der Waals surface area contributed by atoms with Gasteiger partial charge in [0.2, 0.25) is 0 Å². The molecule has 0 aliphatic rings. The maximum atomic E-state index is 9.11. The quantitative estimate of drug-likeness (QED) is 0.829. The molecule has 0 radical (unpaired) electrons. The summed E-state index contributed by atoms with van der Waals surface area (Å²) in [7, 11) is 0. The molecule has 16 heavy (non-hydrogen) atoms. The molecule has 1 unspecified atom stereocenters. The van der Waals surface area contributed by atoms with Gasteiger partial charge in [-0.2, -0.15) is 5.26 Å². The van der Waals surface area contributed by atoms with E-state index in [1.165, 1.54) is 0 Å². The van der Waals surface area contributed by atoms with Crippen LogP contribution in [0.15, 0.2) is 30.3 Å². The second-order valence-corrected chi connectivity index (χ2v) is 3.75. The van der Waals surface area contributed by atoms with Crippen LogP contribution in [0.5, 0.6) is 0 Å². The molecule has 1 aromatic heterocycles. The molecule has 0 aliphatic carbocycles. The Morgan fingerprint density at radius 3 is 2.88 bits per heavy atom. The summed E-state index contributed by atoms with van der Waals surface area (Å²) < 4.78 is 0. The van der Waals surface area contributed by atoms with E-state index >= 15 is 0 Å². The maximum Gasteiger partial charge on any atom is 0.112 e. The molecule has 80 valence electrons. The Morgan fingerprint density at radius 2 is 2.19 bits per heavy atom. The Balaban J connectivity index is 2.63. The third-order valence-corrected chi connectivity index (χ3v) is 2.62. The zero-order chi connectivity index (χ0) is 11.5. The number of hydrogen-bond acceptors (Lipinski definition) is 3. The van der Waals surface area contributed by atoms with E-state index in [-0.39, 0.29) is 6.61 Å². The van der Waals surface area contributed by atoms with Gasteiger partial charge in [0.1, 0.15) is 5.92 Å². The Bertz CT molecular complexity index is 557. The van der Waals surface area contributed by atoms with Crippen LogP contribution in [0, 0.1) is 18.3 Å². The van der Waals surface area contributed by atoms with Crippen molar-refractivity contribution >= 4 is 10.9 Å². The van der Waals surface area contributed by atoms with Crippen LogP contribution in [0.2, 0.25) is 0 Å². The lowest BCUT2D eigenvalue weighted by Crippen LogP contribution is -2.06. The number of nitrogens with zero attached hydrogens (tertiary/aromatic N) is 2. The normalized spacial score (nSPS) is 12.3. The topological polar surface area (TPSA) is 56.9 Å². The van der Waals surface area contributed by atoms with E-state index in [4.69, 9.17) is 10.4 Å². The van der Waals surface area contributed by atoms with Crippen molar-refractivity contribution in [3.05, 3.63) is 41.6 Å². The van der Waals surface area contributed by atoms with Gasteiger partial charge in [-0.1, -0.05) is 18.2 Å². The molecule has 0 saturated carbocycles. The van der Waals surface area contributed by atoms with Gasteiger partial charge in [-0.3, -0.25) is 4.98 Å². The second-order valence-electron chi connectivity index (χ2n) is 3.75. The van der Waals surface area contributed by atoms with E-state index in [9.17, 15) is 0 Å². The number of aryl methyl sites for hydroxylation is 1. The SMILES string of the molecule is Cc1cc2ccccc2nc1C(C#N)CO. The number of rotatable bonds is 2. The van der Waals surface area contributed by atoms with Gasteiger partial charge in [0.05, 0.1) is 23.9 Å². The monoisotopic (exact) mass is 212 g/mol. The van der Waals surface area contributed by atoms with Crippen molar-refractivity contribution in [2.75, 3.05) is 6.61 Å². The maximum absolute atomic E-state index is 9.11. The van der Waals surface area contributed by atoms with E-state index in [0.29, 0.717) is 5.69 Å². The van der Waals surface area contributed by atoms with Crippen LogP contribution in [-0.2, 0) is 0 Å².